The number of sulfonamides is 1. The van der Waals surface area contributed by atoms with Crippen LogP contribution in [0.15, 0.2) is 46.0 Å². The van der Waals surface area contributed by atoms with Crippen molar-refractivity contribution >= 4 is 37.3 Å². The monoisotopic (exact) mass is 375 g/mol. The third-order valence-electron chi connectivity index (χ3n) is 2.41. The van der Waals surface area contributed by atoms with Crippen LogP contribution in [0.25, 0.3) is 0 Å². The summed E-state index contributed by atoms with van der Waals surface area (Å²) in [4.78, 5) is 13.0. The second-order valence-electron chi connectivity index (χ2n) is 3.85. The topological polar surface area (TPSA) is 102 Å². The third-order valence-corrected chi connectivity index (χ3v) is 4.25. The lowest BCUT2D eigenvalue weighted by Crippen LogP contribution is -2.13. The average Bonchev–Trinajstić information content (AvgIpc) is 2.40. The zero-order chi connectivity index (χ0) is 15.6. The molecule has 21 heavy (non-hydrogen) atoms. The Hall–Kier alpha value is -2.07. The van der Waals surface area contributed by atoms with Crippen LogP contribution < -0.4 is 4.72 Å². The first-order valence-electron chi connectivity index (χ1n) is 5.38. The largest absolute Gasteiger partial charge is 0.304 e. The normalized spacial score (nSPS) is 11.1. The van der Waals surface area contributed by atoms with Crippen molar-refractivity contribution in [1.29, 1.82) is 0 Å². The number of nitro groups is 1. The van der Waals surface area contributed by atoms with Crippen LogP contribution in [0.3, 0.4) is 0 Å². The Morgan fingerprint density at radius 1 is 1.29 bits per heavy atom. The van der Waals surface area contributed by atoms with Crippen molar-refractivity contribution in [2.75, 3.05) is 4.72 Å². The van der Waals surface area contributed by atoms with Crippen LogP contribution in [-0.4, -0.2) is 18.3 Å². The SMILES string of the molecule is O=[N+]([O-])c1ccc(S(=O)(=O)Nc2ccc(Br)nc2)cc1F. The standard InChI is InChI=1S/C11H7BrFN3O4S/c12-11-4-1-7(6-14-11)15-21(19,20)8-2-3-10(16(17)18)9(13)5-8/h1-6,15H. The van der Waals surface area contributed by atoms with Crippen LogP contribution >= 0.6 is 15.9 Å². The van der Waals surface area contributed by atoms with Crippen molar-refractivity contribution in [1.82, 2.24) is 4.98 Å². The van der Waals surface area contributed by atoms with Crippen molar-refractivity contribution in [2.45, 2.75) is 4.90 Å². The Kier molecular flexibility index (Phi) is 4.19. The lowest BCUT2D eigenvalue weighted by Gasteiger charge is -2.07. The molecule has 0 amide bonds. The predicted molar refractivity (Wildman–Crippen MR) is 75.8 cm³/mol. The molecule has 0 fully saturated rings. The van der Waals surface area contributed by atoms with Gasteiger partial charge >= 0.3 is 5.69 Å². The highest BCUT2D eigenvalue weighted by Gasteiger charge is 2.20. The van der Waals surface area contributed by atoms with Gasteiger partial charge < -0.3 is 0 Å². The Morgan fingerprint density at radius 3 is 2.52 bits per heavy atom. The number of nitrogens with zero attached hydrogens (tertiary/aromatic N) is 2. The molecule has 0 bridgehead atoms. The van der Waals surface area contributed by atoms with Crippen molar-refractivity contribution in [3.63, 3.8) is 0 Å². The molecule has 0 unspecified atom stereocenters. The summed E-state index contributed by atoms with van der Waals surface area (Å²) in [5.41, 5.74) is -0.615. The molecular weight excluding hydrogens is 369 g/mol. The quantitative estimate of drug-likeness (QED) is 0.502. The van der Waals surface area contributed by atoms with Crippen LogP contribution in [0.4, 0.5) is 15.8 Å². The summed E-state index contributed by atoms with van der Waals surface area (Å²) in [6.45, 7) is 0. The molecule has 1 aromatic carbocycles. The van der Waals surface area contributed by atoms with E-state index < -0.39 is 31.3 Å². The van der Waals surface area contributed by atoms with Gasteiger partial charge in [-0.05, 0) is 34.1 Å². The van der Waals surface area contributed by atoms with E-state index in [9.17, 15) is 22.9 Å². The second-order valence-corrected chi connectivity index (χ2v) is 6.34. The van der Waals surface area contributed by atoms with Crippen molar-refractivity contribution < 1.29 is 17.7 Å². The molecule has 0 atom stereocenters. The summed E-state index contributed by atoms with van der Waals surface area (Å²) in [6, 6.07) is 5.32. The van der Waals surface area contributed by atoms with Crippen LogP contribution in [0.1, 0.15) is 0 Å². The summed E-state index contributed by atoms with van der Waals surface area (Å²) in [7, 11) is -4.06. The van der Waals surface area contributed by atoms with E-state index in [0.29, 0.717) is 10.7 Å². The van der Waals surface area contributed by atoms with Gasteiger partial charge in [0.2, 0.25) is 5.82 Å². The molecule has 0 aliphatic rings. The summed E-state index contributed by atoms with van der Waals surface area (Å²) in [5, 5.41) is 10.5. The first kappa shape index (κ1) is 15.3. The Bertz CT molecular complexity index is 796. The van der Waals surface area contributed by atoms with Gasteiger partial charge in [0.1, 0.15) is 4.60 Å². The number of pyridine rings is 1. The number of benzene rings is 1. The van der Waals surface area contributed by atoms with Gasteiger partial charge in [0.15, 0.2) is 0 Å². The van der Waals surface area contributed by atoms with E-state index >= 15 is 0 Å². The number of aromatic nitrogens is 1. The molecule has 1 aromatic heterocycles. The minimum Gasteiger partial charge on any atom is -0.278 e. The zero-order valence-corrected chi connectivity index (χ0v) is 12.6. The van der Waals surface area contributed by atoms with Crippen LogP contribution in [0, 0.1) is 15.9 Å². The molecule has 110 valence electrons. The molecule has 0 radical (unpaired) electrons. The molecule has 0 spiro atoms. The maximum absolute atomic E-state index is 13.5. The minimum absolute atomic E-state index is 0.178. The molecule has 7 nitrogen and oxygen atoms in total. The van der Waals surface area contributed by atoms with Gasteiger partial charge in [-0.2, -0.15) is 4.39 Å². The molecule has 2 aromatic rings. The van der Waals surface area contributed by atoms with Crippen LogP contribution in [0.5, 0.6) is 0 Å². The molecule has 1 heterocycles. The molecule has 0 saturated heterocycles. The molecule has 2 rings (SSSR count). The van der Waals surface area contributed by atoms with Crippen molar-refractivity contribution in [3.8, 4) is 0 Å². The highest BCUT2D eigenvalue weighted by Crippen LogP contribution is 2.22. The number of anilines is 1. The number of rotatable bonds is 4. The lowest BCUT2D eigenvalue weighted by molar-refractivity contribution is -0.387. The summed E-state index contributed by atoms with van der Waals surface area (Å²) in [6.07, 6.45) is 1.27. The molecule has 10 heteroatoms. The van der Waals surface area contributed by atoms with Gasteiger partial charge in [-0.25, -0.2) is 13.4 Å². The van der Waals surface area contributed by atoms with E-state index in [-0.39, 0.29) is 5.69 Å². The third kappa shape index (κ3) is 3.52. The van der Waals surface area contributed by atoms with E-state index in [1.807, 2.05) is 0 Å². The fraction of sp³-hybridized carbons (Fsp3) is 0. The van der Waals surface area contributed by atoms with Crippen LogP contribution in [-0.2, 0) is 10.0 Å². The number of halogens is 2. The highest BCUT2D eigenvalue weighted by molar-refractivity contribution is 9.10. The van der Waals surface area contributed by atoms with Gasteiger partial charge in [0.05, 0.1) is 21.7 Å². The molecular formula is C11H7BrFN3O4S. The molecule has 1 N–H and O–H groups in total. The van der Waals surface area contributed by atoms with Crippen LogP contribution in [0.2, 0.25) is 0 Å². The summed E-state index contributed by atoms with van der Waals surface area (Å²) in [5.74, 6) is -1.23. The van der Waals surface area contributed by atoms with E-state index in [0.717, 1.165) is 12.1 Å². The molecule has 0 aliphatic heterocycles. The Morgan fingerprint density at radius 2 is 2.00 bits per heavy atom. The fourth-order valence-electron chi connectivity index (χ4n) is 1.45. The number of hydrogen-bond donors (Lipinski definition) is 1. The first-order chi connectivity index (χ1) is 9.79. The van der Waals surface area contributed by atoms with Gasteiger partial charge in [0, 0.05) is 12.1 Å². The maximum atomic E-state index is 13.5. The number of hydrogen-bond acceptors (Lipinski definition) is 5. The van der Waals surface area contributed by atoms with Gasteiger partial charge in [-0.3, -0.25) is 14.8 Å². The van der Waals surface area contributed by atoms with Gasteiger partial charge in [-0.15, -0.1) is 0 Å². The first-order valence-corrected chi connectivity index (χ1v) is 7.65. The smallest absolute Gasteiger partial charge is 0.278 e. The fourth-order valence-corrected chi connectivity index (χ4v) is 2.74. The maximum Gasteiger partial charge on any atom is 0.304 e. The van der Waals surface area contributed by atoms with E-state index in [2.05, 4.69) is 25.6 Å². The molecule has 0 aliphatic carbocycles. The number of nitro benzene ring substituents is 1. The Labute approximate surface area is 127 Å². The van der Waals surface area contributed by atoms with Gasteiger partial charge in [0.25, 0.3) is 10.0 Å². The Balaban J connectivity index is 2.33. The van der Waals surface area contributed by atoms with E-state index in [4.69, 9.17) is 0 Å². The number of nitrogens with one attached hydrogen (secondary N) is 1. The summed E-state index contributed by atoms with van der Waals surface area (Å²) < 4.78 is 40.2. The van der Waals surface area contributed by atoms with E-state index in [1.54, 1.807) is 0 Å². The lowest BCUT2D eigenvalue weighted by atomic mass is 10.3. The summed E-state index contributed by atoms with van der Waals surface area (Å²) >= 11 is 3.10. The molecule has 0 saturated carbocycles. The predicted octanol–water partition coefficient (Wildman–Crippen LogP) is 2.69. The van der Waals surface area contributed by atoms with Gasteiger partial charge in [-0.1, -0.05) is 0 Å². The highest BCUT2D eigenvalue weighted by atomic mass is 79.9. The minimum atomic E-state index is -4.06. The van der Waals surface area contributed by atoms with Crippen molar-refractivity contribution in [3.05, 3.63) is 57.1 Å². The zero-order valence-electron chi connectivity index (χ0n) is 10.2. The van der Waals surface area contributed by atoms with Crippen molar-refractivity contribution in [2.24, 2.45) is 0 Å². The average molecular weight is 376 g/mol. The second kappa shape index (κ2) is 5.74. The van der Waals surface area contributed by atoms with E-state index in [1.165, 1.54) is 18.3 Å².